The highest BCUT2D eigenvalue weighted by Crippen LogP contribution is 2.13. The van der Waals surface area contributed by atoms with E-state index in [1.807, 2.05) is 44.2 Å². The summed E-state index contributed by atoms with van der Waals surface area (Å²) in [7, 11) is 0. The summed E-state index contributed by atoms with van der Waals surface area (Å²) in [6.45, 7) is 4.59. The predicted molar refractivity (Wildman–Crippen MR) is 83.1 cm³/mol. The number of aromatic amines is 1. The minimum atomic E-state index is -0.260. The molecule has 0 bridgehead atoms. The van der Waals surface area contributed by atoms with Gasteiger partial charge in [-0.3, -0.25) is 9.59 Å². The fraction of sp³-hybridized carbons (Fsp3) is 0.294. The third-order valence-electron chi connectivity index (χ3n) is 3.58. The summed E-state index contributed by atoms with van der Waals surface area (Å²) in [6, 6.07) is 14.6. The lowest BCUT2D eigenvalue weighted by Crippen LogP contribution is -2.38. The molecule has 0 fully saturated rings. The first-order chi connectivity index (χ1) is 10.1. The number of hydrogen-bond donors (Lipinski definition) is 1. The smallest absolute Gasteiger partial charge is 0.270 e. The first-order valence-corrected chi connectivity index (χ1v) is 7.16. The van der Waals surface area contributed by atoms with Gasteiger partial charge in [0.05, 0.1) is 0 Å². The fourth-order valence-electron chi connectivity index (χ4n) is 2.16. The zero-order valence-electron chi connectivity index (χ0n) is 12.4. The maximum absolute atomic E-state index is 12.7. The zero-order valence-corrected chi connectivity index (χ0v) is 12.4. The Bertz CT molecular complexity index is 649. The molecule has 1 aromatic heterocycles. The van der Waals surface area contributed by atoms with E-state index < -0.39 is 0 Å². The molecule has 2 rings (SSSR count). The summed E-state index contributed by atoms with van der Waals surface area (Å²) in [5.74, 6) is -0.147. The van der Waals surface area contributed by atoms with E-state index in [1.54, 1.807) is 17.0 Å². The van der Waals surface area contributed by atoms with Gasteiger partial charge in [-0.15, -0.1) is 0 Å². The third-order valence-corrected chi connectivity index (χ3v) is 3.58. The average Bonchev–Trinajstić information content (AvgIpc) is 2.52. The Morgan fingerprint density at radius 1 is 1.14 bits per heavy atom. The van der Waals surface area contributed by atoms with Crippen molar-refractivity contribution in [2.75, 3.05) is 0 Å². The Balaban J connectivity index is 2.27. The van der Waals surface area contributed by atoms with Gasteiger partial charge < -0.3 is 9.88 Å². The number of hydrogen-bond acceptors (Lipinski definition) is 2. The molecule has 1 atom stereocenters. The minimum Gasteiger partial charge on any atom is -0.330 e. The molecule has 0 aliphatic heterocycles. The predicted octanol–water partition coefficient (Wildman–Crippen LogP) is 2.82. The average molecular weight is 284 g/mol. The van der Waals surface area contributed by atoms with Crippen LogP contribution in [0.25, 0.3) is 0 Å². The molecule has 1 unspecified atom stereocenters. The Labute approximate surface area is 124 Å². The van der Waals surface area contributed by atoms with Crippen molar-refractivity contribution in [3.8, 4) is 0 Å². The summed E-state index contributed by atoms with van der Waals surface area (Å²) in [5.41, 5.74) is 1.15. The molecular weight excluding hydrogens is 264 g/mol. The van der Waals surface area contributed by atoms with Gasteiger partial charge >= 0.3 is 0 Å². The van der Waals surface area contributed by atoms with E-state index in [1.165, 1.54) is 6.07 Å². The molecule has 4 nitrogen and oxygen atoms in total. The lowest BCUT2D eigenvalue weighted by Gasteiger charge is -2.28. The number of benzene rings is 1. The largest absolute Gasteiger partial charge is 0.330 e. The molecular formula is C17H20N2O2. The molecule has 1 amide bonds. The molecule has 0 spiro atoms. The summed E-state index contributed by atoms with van der Waals surface area (Å²) in [4.78, 5) is 28.4. The Morgan fingerprint density at radius 2 is 1.86 bits per heavy atom. The fourth-order valence-corrected chi connectivity index (χ4v) is 2.16. The van der Waals surface area contributed by atoms with E-state index in [0.717, 1.165) is 12.0 Å². The molecule has 0 aliphatic carbocycles. The second-order valence-electron chi connectivity index (χ2n) is 5.10. The number of aromatic nitrogens is 1. The van der Waals surface area contributed by atoms with Crippen LogP contribution < -0.4 is 5.56 Å². The van der Waals surface area contributed by atoms with E-state index in [2.05, 4.69) is 4.98 Å². The van der Waals surface area contributed by atoms with E-state index in [9.17, 15) is 9.59 Å². The van der Waals surface area contributed by atoms with Crippen LogP contribution in [0.4, 0.5) is 0 Å². The van der Waals surface area contributed by atoms with E-state index in [4.69, 9.17) is 0 Å². The van der Waals surface area contributed by atoms with E-state index in [0.29, 0.717) is 12.2 Å². The highest BCUT2D eigenvalue weighted by molar-refractivity contribution is 5.92. The van der Waals surface area contributed by atoms with Gasteiger partial charge in [-0.05, 0) is 25.0 Å². The van der Waals surface area contributed by atoms with E-state index in [-0.39, 0.29) is 17.5 Å². The first-order valence-electron chi connectivity index (χ1n) is 7.16. The molecule has 0 aliphatic rings. The van der Waals surface area contributed by atoms with Crippen LogP contribution in [0.2, 0.25) is 0 Å². The van der Waals surface area contributed by atoms with Crippen LogP contribution in [-0.2, 0) is 6.54 Å². The number of nitrogens with zero attached hydrogens (tertiary/aromatic N) is 1. The van der Waals surface area contributed by atoms with E-state index >= 15 is 0 Å². The monoisotopic (exact) mass is 284 g/mol. The highest BCUT2D eigenvalue weighted by atomic mass is 16.2. The molecule has 0 saturated heterocycles. The van der Waals surface area contributed by atoms with Crippen LogP contribution in [0, 0.1) is 0 Å². The van der Waals surface area contributed by atoms with Crippen molar-refractivity contribution in [3.05, 3.63) is 70.1 Å². The van der Waals surface area contributed by atoms with Gasteiger partial charge in [-0.2, -0.15) is 0 Å². The number of H-pyrrole nitrogens is 1. The van der Waals surface area contributed by atoms with Crippen LogP contribution in [0.15, 0.2) is 53.3 Å². The summed E-state index contributed by atoms with van der Waals surface area (Å²) >= 11 is 0. The third kappa shape index (κ3) is 3.81. The van der Waals surface area contributed by atoms with Gasteiger partial charge in [0.25, 0.3) is 5.91 Å². The van der Waals surface area contributed by atoms with Crippen molar-refractivity contribution >= 4 is 5.91 Å². The topological polar surface area (TPSA) is 53.2 Å². The second-order valence-corrected chi connectivity index (χ2v) is 5.10. The number of carbonyl (C=O) groups excluding carboxylic acids is 1. The second kappa shape index (κ2) is 6.88. The maximum Gasteiger partial charge on any atom is 0.270 e. The lowest BCUT2D eigenvalue weighted by molar-refractivity contribution is 0.0665. The summed E-state index contributed by atoms with van der Waals surface area (Å²) in [6.07, 6.45) is 0.857. The Morgan fingerprint density at radius 3 is 2.48 bits per heavy atom. The molecule has 110 valence electrons. The number of amides is 1. The van der Waals surface area contributed by atoms with Crippen LogP contribution in [0.1, 0.15) is 36.3 Å². The molecule has 2 aromatic rings. The quantitative estimate of drug-likeness (QED) is 0.918. The Hall–Kier alpha value is -2.36. The van der Waals surface area contributed by atoms with Crippen molar-refractivity contribution in [1.29, 1.82) is 0 Å². The SMILES string of the molecule is CCC(C)N(Cc1ccccc1)C(=O)c1cccc(=O)[nH]1. The van der Waals surface area contributed by atoms with Gasteiger partial charge in [0.15, 0.2) is 0 Å². The molecule has 0 radical (unpaired) electrons. The maximum atomic E-state index is 12.7. The summed E-state index contributed by atoms with van der Waals surface area (Å²) in [5, 5.41) is 0. The van der Waals surface area contributed by atoms with Gasteiger partial charge in [0.1, 0.15) is 5.69 Å². The Kier molecular flexibility index (Phi) is 4.93. The normalized spacial score (nSPS) is 11.9. The van der Waals surface area contributed by atoms with Crippen molar-refractivity contribution in [2.45, 2.75) is 32.9 Å². The van der Waals surface area contributed by atoms with Gasteiger partial charge in [-0.1, -0.05) is 43.3 Å². The first kappa shape index (κ1) is 15.0. The minimum absolute atomic E-state index is 0.0985. The lowest BCUT2D eigenvalue weighted by atomic mass is 10.1. The van der Waals surface area contributed by atoms with Crippen molar-refractivity contribution in [1.82, 2.24) is 9.88 Å². The number of rotatable bonds is 5. The van der Waals surface area contributed by atoms with Gasteiger partial charge in [-0.25, -0.2) is 0 Å². The van der Waals surface area contributed by atoms with Gasteiger partial charge in [0, 0.05) is 18.7 Å². The van der Waals surface area contributed by atoms with Crippen LogP contribution >= 0.6 is 0 Å². The molecule has 1 aromatic carbocycles. The summed E-state index contributed by atoms with van der Waals surface area (Å²) < 4.78 is 0. The zero-order chi connectivity index (χ0) is 15.2. The van der Waals surface area contributed by atoms with Crippen LogP contribution in [0.5, 0.6) is 0 Å². The molecule has 21 heavy (non-hydrogen) atoms. The standard InChI is InChI=1S/C17H20N2O2/c1-3-13(2)19(12-14-8-5-4-6-9-14)17(21)15-10-7-11-16(20)18-15/h4-11,13H,3,12H2,1-2H3,(H,18,20). The highest BCUT2D eigenvalue weighted by Gasteiger charge is 2.21. The molecule has 1 N–H and O–H groups in total. The molecule has 1 heterocycles. The van der Waals surface area contributed by atoms with Crippen LogP contribution in [0.3, 0.4) is 0 Å². The molecule has 4 heteroatoms. The van der Waals surface area contributed by atoms with Crippen molar-refractivity contribution in [2.24, 2.45) is 0 Å². The van der Waals surface area contributed by atoms with Crippen molar-refractivity contribution in [3.63, 3.8) is 0 Å². The van der Waals surface area contributed by atoms with Crippen molar-refractivity contribution < 1.29 is 4.79 Å². The van der Waals surface area contributed by atoms with Gasteiger partial charge in [0.2, 0.25) is 5.56 Å². The molecule has 0 saturated carbocycles. The number of nitrogens with one attached hydrogen (secondary N) is 1. The number of pyridine rings is 1. The van der Waals surface area contributed by atoms with Crippen LogP contribution in [-0.4, -0.2) is 21.8 Å². The number of carbonyl (C=O) groups is 1.